The van der Waals surface area contributed by atoms with Crippen molar-refractivity contribution in [3.63, 3.8) is 0 Å². The van der Waals surface area contributed by atoms with Gasteiger partial charge in [-0.05, 0) is 42.8 Å². The van der Waals surface area contributed by atoms with E-state index in [0.717, 1.165) is 20.1 Å². The van der Waals surface area contributed by atoms with Gasteiger partial charge in [0.1, 0.15) is 0 Å². The molecule has 4 aromatic rings. The highest BCUT2D eigenvalue weighted by Gasteiger charge is 2.17. The summed E-state index contributed by atoms with van der Waals surface area (Å²) in [5.41, 5.74) is 2.93. The maximum Gasteiger partial charge on any atom is 0.316 e. The Morgan fingerprint density at radius 3 is 2.40 bits per heavy atom. The summed E-state index contributed by atoms with van der Waals surface area (Å²) in [4.78, 5) is 41.9. The minimum absolute atomic E-state index is 0.195. The summed E-state index contributed by atoms with van der Waals surface area (Å²) >= 11 is 2.76. The van der Waals surface area contributed by atoms with E-state index >= 15 is 0 Å². The van der Waals surface area contributed by atoms with Gasteiger partial charge in [-0.25, -0.2) is 4.98 Å². The van der Waals surface area contributed by atoms with Crippen LogP contribution in [0.5, 0.6) is 0 Å². The summed E-state index contributed by atoms with van der Waals surface area (Å²) in [6, 6.07) is 21.7. The molecule has 0 saturated carbocycles. The van der Waals surface area contributed by atoms with Crippen LogP contribution in [0.4, 0.5) is 5.69 Å². The standard InChI is InChI=1S/C26H23N3O4S2/c1-2-33-23(30)16-34-26-29-21-13-12-18(14-22(21)35-26)28-25(32)20-11-7-6-10-19(20)24(31)27-15-17-8-4-3-5-9-17/h3-14H,2,15-16H2,1H3,(H,27,31)(H,28,32). The van der Waals surface area contributed by atoms with E-state index in [4.69, 9.17) is 4.74 Å². The van der Waals surface area contributed by atoms with Crippen LogP contribution in [0.25, 0.3) is 10.2 Å². The van der Waals surface area contributed by atoms with Crippen LogP contribution in [-0.2, 0) is 16.1 Å². The molecule has 0 aliphatic rings. The largest absolute Gasteiger partial charge is 0.465 e. The zero-order valence-electron chi connectivity index (χ0n) is 18.9. The number of esters is 1. The molecular weight excluding hydrogens is 482 g/mol. The zero-order chi connectivity index (χ0) is 24.6. The highest BCUT2D eigenvalue weighted by atomic mass is 32.2. The maximum absolute atomic E-state index is 13.0. The summed E-state index contributed by atoms with van der Waals surface area (Å²) in [6.45, 7) is 2.49. The molecule has 0 unspecified atom stereocenters. The van der Waals surface area contributed by atoms with Crippen molar-refractivity contribution < 1.29 is 19.1 Å². The van der Waals surface area contributed by atoms with E-state index in [-0.39, 0.29) is 29.1 Å². The van der Waals surface area contributed by atoms with Gasteiger partial charge in [0, 0.05) is 12.2 Å². The number of hydrogen-bond acceptors (Lipinski definition) is 7. The predicted octanol–water partition coefficient (Wildman–Crippen LogP) is 5.13. The van der Waals surface area contributed by atoms with Crippen molar-refractivity contribution in [3.8, 4) is 0 Å². The Morgan fingerprint density at radius 2 is 1.66 bits per heavy atom. The molecule has 0 aliphatic heterocycles. The molecule has 7 nitrogen and oxygen atoms in total. The van der Waals surface area contributed by atoms with Crippen molar-refractivity contribution in [2.75, 3.05) is 17.7 Å². The first kappa shape index (κ1) is 24.4. The number of amides is 2. The fourth-order valence-corrected chi connectivity index (χ4v) is 5.22. The first-order valence-corrected chi connectivity index (χ1v) is 12.7. The first-order chi connectivity index (χ1) is 17.0. The Kier molecular flexibility index (Phi) is 8.12. The average Bonchev–Trinajstić information content (AvgIpc) is 3.29. The van der Waals surface area contributed by atoms with E-state index in [2.05, 4.69) is 15.6 Å². The van der Waals surface area contributed by atoms with Gasteiger partial charge in [-0.15, -0.1) is 11.3 Å². The minimum Gasteiger partial charge on any atom is -0.465 e. The molecule has 35 heavy (non-hydrogen) atoms. The average molecular weight is 506 g/mol. The number of carbonyl (C=O) groups is 3. The van der Waals surface area contributed by atoms with Crippen molar-refractivity contribution in [1.29, 1.82) is 0 Å². The zero-order valence-corrected chi connectivity index (χ0v) is 20.6. The van der Waals surface area contributed by atoms with Crippen LogP contribution < -0.4 is 10.6 Å². The van der Waals surface area contributed by atoms with Gasteiger partial charge in [-0.1, -0.05) is 54.2 Å². The molecule has 0 atom stereocenters. The number of ether oxygens (including phenoxy) is 1. The second-order valence-corrected chi connectivity index (χ2v) is 9.68. The van der Waals surface area contributed by atoms with Crippen molar-refractivity contribution in [3.05, 3.63) is 89.5 Å². The van der Waals surface area contributed by atoms with Crippen LogP contribution in [0.15, 0.2) is 77.1 Å². The van der Waals surface area contributed by atoms with Crippen LogP contribution in [0.2, 0.25) is 0 Å². The number of anilines is 1. The van der Waals surface area contributed by atoms with Crippen LogP contribution in [-0.4, -0.2) is 35.1 Å². The summed E-state index contributed by atoms with van der Waals surface area (Å²) in [7, 11) is 0. The van der Waals surface area contributed by atoms with Crippen molar-refractivity contribution >= 4 is 56.8 Å². The van der Waals surface area contributed by atoms with Gasteiger partial charge in [-0.3, -0.25) is 14.4 Å². The van der Waals surface area contributed by atoms with E-state index in [1.165, 1.54) is 23.1 Å². The molecule has 0 bridgehead atoms. The van der Waals surface area contributed by atoms with Crippen molar-refractivity contribution in [2.45, 2.75) is 17.8 Å². The third kappa shape index (κ3) is 6.46. The fraction of sp³-hybridized carbons (Fsp3) is 0.154. The lowest BCUT2D eigenvalue weighted by atomic mass is 10.1. The Bertz CT molecular complexity index is 1360. The van der Waals surface area contributed by atoms with E-state index in [0.29, 0.717) is 24.4 Å². The van der Waals surface area contributed by atoms with Crippen molar-refractivity contribution in [2.24, 2.45) is 0 Å². The van der Waals surface area contributed by atoms with E-state index in [1.807, 2.05) is 42.5 Å². The number of nitrogens with one attached hydrogen (secondary N) is 2. The Labute approximate surface area is 210 Å². The molecule has 178 valence electrons. The number of thioether (sulfide) groups is 1. The highest BCUT2D eigenvalue weighted by Crippen LogP contribution is 2.31. The third-order valence-electron chi connectivity index (χ3n) is 4.96. The highest BCUT2D eigenvalue weighted by molar-refractivity contribution is 8.01. The molecule has 0 radical (unpaired) electrons. The predicted molar refractivity (Wildman–Crippen MR) is 139 cm³/mol. The molecule has 0 fully saturated rings. The van der Waals surface area contributed by atoms with Gasteiger partial charge < -0.3 is 15.4 Å². The van der Waals surface area contributed by atoms with Crippen LogP contribution in [0.3, 0.4) is 0 Å². The lowest BCUT2D eigenvalue weighted by molar-refractivity contribution is -0.139. The monoisotopic (exact) mass is 505 g/mol. The third-order valence-corrected chi connectivity index (χ3v) is 7.09. The maximum atomic E-state index is 13.0. The lowest BCUT2D eigenvalue weighted by Crippen LogP contribution is -2.26. The molecule has 3 aromatic carbocycles. The molecule has 0 saturated heterocycles. The first-order valence-electron chi connectivity index (χ1n) is 10.9. The molecule has 0 aliphatic carbocycles. The topological polar surface area (TPSA) is 97.4 Å². The second-order valence-electron chi connectivity index (χ2n) is 7.42. The number of hydrogen-bond donors (Lipinski definition) is 2. The van der Waals surface area contributed by atoms with Crippen LogP contribution >= 0.6 is 23.1 Å². The van der Waals surface area contributed by atoms with E-state index < -0.39 is 0 Å². The lowest BCUT2D eigenvalue weighted by Gasteiger charge is -2.11. The van der Waals surface area contributed by atoms with Crippen molar-refractivity contribution in [1.82, 2.24) is 10.3 Å². The molecule has 1 heterocycles. The summed E-state index contributed by atoms with van der Waals surface area (Å²) in [5, 5.41) is 5.74. The van der Waals surface area contributed by atoms with Crippen LogP contribution in [0, 0.1) is 0 Å². The van der Waals surface area contributed by atoms with Gasteiger partial charge in [-0.2, -0.15) is 0 Å². The summed E-state index contributed by atoms with van der Waals surface area (Å²) < 4.78 is 6.57. The number of fused-ring (bicyclic) bond motifs is 1. The number of nitrogens with zero attached hydrogens (tertiary/aromatic N) is 1. The summed E-state index contributed by atoms with van der Waals surface area (Å²) in [6.07, 6.45) is 0. The Morgan fingerprint density at radius 1 is 0.943 bits per heavy atom. The number of thiazole rings is 1. The smallest absolute Gasteiger partial charge is 0.316 e. The normalized spacial score (nSPS) is 10.7. The van der Waals surface area contributed by atoms with Gasteiger partial charge in [0.25, 0.3) is 11.8 Å². The molecular formula is C26H23N3O4S2. The quantitative estimate of drug-likeness (QED) is 0.242. The SMILES string of the molecule is CCOC(=O)CSc1nc2ccc(NC(=O)c3ccccc3C(=O)NCc3ccccc3)cc2s1. The fourth-order valence-electron chi connectivity index (χ4n) is 3.32. The summed E-state index contributed by atoms with van der Waals surface area (Å²) in [5.74, 6) is -0.784. The molecule has 2 N–H and O–H groups in total. The van der Waals surface area contributed by atoms with E-state index in [1.54, 1.807) is 37.3 Å². The van der Waals surface area contributed by atoms with Crippen LogP contribution in [0.1, 0.15) is 33.2 Å². The molecule has 9 heteroatoms. The number of aromatic nitrogens is 1. The van der Waals surface area contributed by atoms with Gasteiger partial charge in [0.15, 0.2) is 4.34 Å². The van der Waals surface area contributed by atoms with Gasteiger partial charge in [0.05, 0.1) is 33.7 Å². The number of rotatable bonds is 9. The molecule has 4 rings (SSSR count). The molecule has 2 amide bonds. The second kappa shape index (κ2) is 11.6. The van der Waals surface area contributed by atoms with Gasteiger partial charge >= 0.3 is 5.97 Å². The molecule has 1 aromatic heterocycles. The Balaban J connectivity index is 1.44. The minimum atomic E-state index is -0.378. The van der Waals surface area contributed by atoms with Gasteiger partial charge in [0.2, 0.25) is 0 Å². The molecule has 0 spiro atoms. The van der Waals surface area contributed by atoms with E-state index in [9.17, 15) is 14.4 Å². The number of benzene rings is 3. The number of carbonyl (C=O) groups excluding carboxylic acids is 3. The Hall–Kier alpha value is -3.69.